The Labute approximate surface area is 158 Å². The van der Waals surface area contributed by atoms with Crippen LogP contribution in [0.2, 0.25) is 0 Å². The number of nitrogens with two attached hydrogens (primary N) is 1. The number of nitrogens with zero attached hydrogens (tertiary/aromatic N) is 4. The SMILES string of the molecule is Cc1nn(C2CC2C(N)=O)cc1Nc1ncc(C(F)(F)F)c(NC2(C)CC2)n1. The molecule has 4 N–H and O–H groups in total. The molecule has 0 spiro atoms. The largest absolute Gasteiger partial charge is 0.421 e. The van der Waals surface area contributed by atoms with Crippen LogP contribution in [-0.2, 0) is 11.0 Å². The highest BCUT2D eigenvalue weighted by Crippen LogP contribution is 2.44. The van der Waals surface area contributed by atoms with Gasteiger partial charge in [-0.25, -0.2) is 4.98 Å². The molecule has 0 bridgehead atoms. The minimum atomic E-state index is -4.55. The average molecular weight is 395 g/mol. The summed E-state index contributed by atoms with van der Waals surface area (Å²) in [6.45, 7) is 3.59. The number of nitrogens with one attached hydrogen (secondary N) is 2. The molecule has 2 saturated carbocycles. The van der Waals surface area contributed by atoms with E-state index in [1.54, 1.807) is 17.8 Å². The zero-order valence-electron chi connectivity index (χ0n) is 15.3. The van der Waals surface area contributed by atoms with Crippen LogP contribution in [0.1, 0.15) is 43.5 Å². The molecule has 0 aliphatic heterocycles. The van der Waals surface area contributed by atoms with E-state index < -0.39 is 11.7 Å². The molecule has 0 aromatic carbocycles. The molecule has 0 radical (unpaired) electrons. The summed E-state index contributed by atoms with van der Waals surface area (Å²) < 4.78 is 41.5. The molecule has 2 aliphatic rings. The van der Waals surface area contributed by atoms with E-state index >= 15 is 0 Å². The average Bonchev–Trinajstić information content (AvgIpc) is 3.48. The highest BCUT2D eigenvalue weighted by atomic mass is 19.4. The number of carbonyl (C=O) groups is 1. The Balaban J connectivity index is 1.57. The highest BCUT2D eigenvalue weighted by molar-refractivity contribution is 5.80. The van der Waals surface area contributed by atoms with E-state index in [-0.39, 0.29) is 35.2 Å². The number of aromatic nitrogens is 4. The number of alkyl halides is 3. The van der Waals surface area contributed by atoms with Gasteiger partial charge in [0.1, 0.15) is 11.4 Å². The van der Waals surface area contributed by atoms with Gasteiger partial charge in [-0.15, -0.1) is 0 Å². The lowest BCUT2D eigenvalue weighted by molar-refractivity contribution is -0.137. The summed E-state index contributed by atoms with van der Waals surface area (Å²) >= 11 is 0. The predicted molar refractivity (Wildman–Crippen MR) is 94.9 cm³/mol. The van der Waals surface area contributed by atoms with Gasteiger partial charge in [0.2, 0.25) is 11.9 Å². The van der Waals surface area contributed by atoms with Gasteiger partial charge in [0.05, 0.1) is 23.3 Å². The summed E-state index contributed by atoms with van der Waals surface area (Å²) in [7, 11) is 0. The van der Waals surface area contributed by atoms with Crippen LogP contribution in [0.15, 0.2) is 12.4 Å². The second-order valence-corrected chi connectivity index (χ2v) is 7.68. The Hall–Kier alpha value is -2.85. The summed E-state index contributed by atoms with van der Waals surface area (Å²) in [4.78, 5) is 19.1. The van der Waals surface area contributed by atoms with E-state index in [4.69, 9.17) is 5.73 Å². The van der Waals surface area contributed by atoms with Crippen molar-refractivity contribution in [3.05, 3.63) is 23.7 Å². The molecule has 2 fully saturated rings. The summed E-state index contributed by atoms with van der Waals surface area (Å²) in [5.74, 6) is -0.830. The Morgan fingerprint density at radius 2 is 2.11 bits per heavy atom. The van der Waals surface area contributed by atoms with E-state index in [1.165, 1.54) is 0 Å². The zero-order chi connectivity index (χ0) is 20.3. The predicted octanol–water partition coefficient (Wildman–Crippen LogP) is 2.75. The number of amides is 1. The minimum Gasteiger partial charge on any atom is -0.369 e. The first-order chi connectivity index (χ1) is 13.1. The second-order valence-electron chi connectivity index (χ2n) is 7.68. The molecule has 2 aromatic rings. The first-order valence-corrected chi connectivity index (χ1v) is 8.90. The number of rotatable bonds is 6. The first-order valence-electron chi connectivity index (χ1n) is 8.90. The van der Waals surface area contributed by atoms with E-state index in [2.05, 4.69) is 25.7 Å². The number of carbonyl (C=O) groups excluding carboxylic acids is 1. The van der Waals surface area contributed by atoms with E-state index in [1.807, 2.05) is 6.92 Å². The molecule has 2 unspecified atom stereocenters. The smallest absolute Gasteiger partial charge is 0.369 e. The van der Waals surface area contributed by atoms with Crippen molar-refractivity contribution in [2.75, 3.05) is 10.6 Å². The van der Waals surface area contributed by atoms with Crippen molar-refractivity contribution in [3.63, 3.8) is 0 Å². The summed E-state index contributed by atoms with van der Waals surface area (Å²) in [5, 5.41) is 10.1. The number of primary amides is 1. The molecule has 11 heteroatoms. The number of hydrogen-bond donors (Lipinski definition) is 3. The molecular formula is C17H20F3N7O. The highest BCUT2D eigenvalue weighted by Gasteiger charge is 2.44. The number of aryl methyl sites for hydroxylation is 1. The van der Waals surface area contributed by atoms with Gasteiger partial charge in [-0.2, -0.15) is 23.3 Å². The van der Waals surface area contributed by atoms with Crippen LogP contribution in [0.3, 0.4) is 0 Å². The van der Waals surface area contributed by atoms with Crippen LogP contribution < -0.4 is 16.4 Å². The van der Waals surface area contributed by atoms with Crippen molar-refractivity contribution in [3.8, 4) is 0 Å². The third kappa shape index (κ3) is 3.60. The Bertz CT molecular complexity index is 935. The monoisotopic (exact) mass is 395 g/mol. The van der Waals surface area contributed by atoms with Crippen molar-refractivity contribution in [2.24, 2.45) is 11.7 Å². The van der Waals surface area contributed by atoms with Crippen LogP contribution in [0, 0.1) is 12.8 Å². The summed E-state index contributed by atoms with van der Waals surface area (Å²) in [5.41, 5.74) is 5.19. The van der Waals surface area contributed by atoms with Gasteiger partial charge >= 0.3 is 6.18 Å². The molecular weight excluding hydrogens is 375 g/mol. The van der Waals surface area contributed by atoms with Gasteiger partial charge in [0.25, 0.3) is 0 Å². The topological polar surface area (TPSA) is 111 Å². The van der Waals surface area contributed by atoms with Gasteiger partial charge < -0.3 is 16.4 Å². The Morgan fingerprint density at radius 3 is 2.68 bits per heavy atom. The Morgan fingerprint density at radius 1 is 1.39 bits per heavy atom. The summed E-state index contributed by atoms with van der Waals surface area (Å²) in [6.07, 6.45) is 0.0884. The zero-order valence-corrected chi connectivity index (χ0v) is 15.3. The normalized spacial score (nSPS) is 22.6. The Kier molecular flexibility index (Phi) is 4.02. The van der Waals surface area contributed by atoms with Crippen LogP contribution in [0.5, 0.6) is 0 Å². The third-order valence-corrected chi connectivity index (χ3v) is 5.14. The van der Waals surface area contributed by atoms with Crippen LogP contribution in [0.25, 0.3) is 0 Å². The van der Waals surface area contributed by atoms with Gasteiger partial charge in [0, 0.05) is 17.9 Å². The van der Waals surface area contributed by atoms with E-state index in [0.717, 1.165) is 19.0 Å². The van der Waals surface area contributed by atoms with Crippen molar-refractivity contribution in [1.82, 2.24) is 19.7 Å². The van der Waals surface area contributed by atoms with Gasteiger partial charge in [-0.1, -0.05) is 0 Å². The summed E-state index contributed by atoms with van der Waals surface area (Å²) in [6, 6.07) is -0.0904. The maximum absolute atomic E-state index is 13.3. The molecule has 1 amide bonds. The first kappa shape index (κ1) is 18.5. The standard InChI is InChI=1S/C17H20F3N7O/c1-8-11(7-27(26-8)12-5-9(12)13(21)28)23-15-22-6-10(17(18,19)20)14(24-15)25-16(2)3-4-16/h6-7,9,12H,3-5H2,1-2H3,(H2,21,28)(H2,22,23,24,25). The number of halogens is 3. The second kappa shape index (κ2) is 6.08. The molecule has 28 heavy (non-hydrogen) atoms. The van der Waals surface area contributed by atoms with Crippen molar-refractivity contribution in [2.45, 2.75) is 50.9 Å². The number of anilines is 3. The minimum absolute atomic E-state index is 0.0321. The third-order valence-electron chi connectivity index (χ3n) is 5.14. The molecule has 2 aromatic heterocycles. The quantitative estimate of drug-likeness (QED) is 0.694. The maximum atomic E-state index is 13.3. The van der Waals surface area contributed by atoms with Crippen molar-refractivity contribution < 1.29 is 18.0 Å². The fourth-order valence-electron chi connectivity index (χ4n) is 3.02. The van der Waals surface area contributed by atoms with Crippen molar-refractivity contribution in [1.29, 1.82) is 0 Å². The van der Waals surface area contributed by atoms with Gasteiger partial charge in [0.15, 0.2) is 0 Å². The fourth-order valence-corrected chi connectivity index (χ4v) is 3.02. The van der Waals surface area contributed by atoms with Crippen LogP contribution in [0.4, 0.5) is 30.6 Å². The molecule has 2 atom stereocenters. The maximum Gasteiger partial charge on any atom is 0.421 e. The lowest BCUT2D eigenvalue weighted by Crippen LogP contribution is -2.21. The van der Waals surface area contributed by atoms with Crippen LogP contribution in [-0.4, -0.2) is 31.2 Å². The molecule has 150 valence electrons. The lowest BCUT2D eigenvalue weighted by atomic mass is 10.2. The van der Waals surface area contributed by atoms with Gasteiger partial charge in [-0.3, -0.25) is 9.48 Å². The number of hydrogen-bond acceptors (Lipinski definition) is 6. The lowest BCUT2D eigenvalue weighted by Gasteiger charge is -2.18. The molecule has 4 rings (SSSR count). The van der Waals surface area contributed by atoms with Gasteiger partial charge in [-0.05, 0) is 33.1 Å². The van der Waals surface area contributed by atoms with E-state index in [9.17, 15) is 18.0 Å². The van der Waals surface area contributed by atoms with Crippen LogP contribution >= 0.6 is 0 Å². The van der Waals surface area contributed by atoms with Crippen molar-refractivity contribution >= 4 is 23.4 Å². The fraction of sp³-hybridized carbons (Fsp3) is 0.529. The molecule has 2 aliphatic carbocycles. The molecule has 0 saturated heterocycles. The molecule has 2 heterocycles. The molecule has 8 nitrogen and oxygen atoms in total. The van der Waals surface area contributed by atoms with E-state index in [0.29, 0.717) is 17.8 Å².